The van der Waals surface area contributed by atoms with Crippen molar-refractivity contribution in [1.82, 2.24) is 5.32 Å². The Kier molecular flexibility index (Phi) is 8.02. The van der Waals surface area contributed by atoms with Crippen LogP contribution in [0.1, 0.15) is 55.3 Å². The van der Waals surface area contributed by atoms with E-state index < -0.39 is 10.0 Å². The lowest BCUT2D eigenvalue weighted by Gasteiger charge is -2.25. The van der Waals surface area contributed by atoms with Gasteiger partial charge in [0, 0.05) is 5.56 Å². The molecule has 0 unspecified atom stereocenters. The Labute approximate surface area is 226 Å². The maximum absolute atomic E-state index is 13.4. The van der Waals surface area contributed by atoms with Crippen LogP contribution in [0.25, 0.3) is 0 Å². The summed E-state index contributed by atoms with van der Waals surface area (Å²) in [4.78, 5) is 13.4. The van der Waals surface area contributed by atoms with E-state index in [1.807, 2.05) is 74.5 Å². The molecule has 1 N–H and O–H groups in total. The summed E-state index contributed by atoms with van der Waals surface area (Å²) in [5, 5.41) is 3.20. The zero-order chi connectivity index (χ0) is 27.4. The van der Waals surface area contributed by atoms with Gasteiger partial charge in [0.25, 0.3) is 5.91 Å². The van der Waals surface area contributed by atoms with Gasteiger partial charge in [-0.1, -0.05) is 78.4 Å². The number of benzene rings is 4. The monoisotopic (exact) mass is 526 g/mol. The number of carbonyl (C=O) groups is 1. The number of aryl methyl sites for hydroxylation is 4. The Morgan fingerprint density at radius 3 is 2.05 bits per heavy atom. The molecule has 0 radical (unpaired) electrons. The zero-order valence-corrected chi connectivity index (χ0v) is 23.3. The van der Waals surface area contributed by atoms with Crippen molar-refractivity contribution in [1.29, 1.82) is 0 Å². The maximum atomic E-state index is 13.4. The van der Waals surface area contributed by atoms with Crippen molar-refractivity contribution in [2.24, 2.45) is 0 Å². The molecule has 4 rings (SSSR count). The molecule has 0 aromatic heterocycles. The molecule has 0 spiro atoms. The predicted octanol–water partition coefficient (Wildman–Crippen LogP) is 6.41. The highest BCUT2D eigenvalue weighted by atomic mass is 32.2. The standard InChI is InChI=1S/C32H34N2O3S/c1-22-12-18-29(25(4)19-22)31(27-9-7-6-8-10-27)33-32(35)28-16-14-26(15-17-28)21-34(38(5,36)37)30-20-23(2)11-13-24(30)3/h6-20,31H,21H2,1-5H3,(H,33,35)/t31-/m1/s1. The Hall–Kier alpha value is -3.90. The van der Waals surface area contributed by atoms with Crippen LogP contribution in [0, 0.1) is 27.7 Å². The minimum Gasteiger partial charge on any atom is -0.341 e. The number of sulfonamides is 1. The van der Waals surface area contributed by atoms with E-state index in [0.29, 0.717) is 11.3 Å². The normalized spacial score (nSPS) is 12.1. The average molecular weight is 527 g/mol. The molecule has 0 saturated carbocycles. The van der Waals surface area contributed by atoms with E-state index in [9.17, 15) is 13.2 Å². The van der Waals surface area contributed by atoms with Gasteiger partial charge in [0.1, 0.15) is 0 Å². The fourth-order valence-electron chi connectivity index (χ4n) is 4.65. The van der Waals surface area contributed by atoms with Crippen LogP contribution in [-0.2, 0) is 16.6 Å². The van der Waals surface area contributed by atoms with Crippen molar-refractivity contribution < 1.29 is 13.2 Å². The Bertz CT molecular complexity index is 1550. The molecular weight excluding hydrogens is 492 g/mol. The van der Waals surface area contributed by atoms with Gasteiger partial charge in [-0.2, -0.15) is 0 Å². The largest absolute Gasteiger partial charge is 0.341 e. The predicted molar refractivity (Wildman–Crippen MR) is 155 cm³/mol. The Balaban J connectivity index is 1.58. The lowest BCUT2D eigenvalue weighted by atomic mass is 9.93. The zero-order valence-electron chi connectivity index (χ0n) is 22.5. The lowest BCUT2D eigenvalue weighted by Crippen LogP contribution is -2.30. The maximum Gasteiger partial charge on any atom is 0.252 e. The minimum atomic E-state index is -3.51. The highest BCUT2D eigenvalue weighted by Gasteiger charge is 2.22. The number of carbonyl (C=O) groups excluding carboxylic acids is 1. The van der Waals surface area contributed by atoms with E-state index in [2.05, 4.69) is 37.4 Å². The Morgan fingerprint density at radius 2 is 1.42 bits per heavy atom. The fraction of sp³-hybridized carbons (Fsp3) is 0.219. The summed E-state index contributed by atoms with van der Waals surface area (Å²) in [6.07, 6.45) is 1.22. The molecule has 4 aromatic carbocycles. The van der Waals surface area contributed by atoms with Gasteiger partial charge < -0.3 is 5.32 Å². The van der Waals surface area contributed by atoms with Crippen LogP contribution in [0.3, 0.4) is 0 Å². The summed E-state index contributed by atoms with van der Waals surface area (Å²) in [6, 6.07) is 28.8. The molecule has 0 aliphatic carbocycles. The number of nitrogens with one attached hydrogen (secondary N) is 1. The number of nitrogens with zero attached hydrogens (tertiary/aromatic N) is 1. The number of amides is 1. The summed E-state index contributed by atoms with van der Waals surface area (Å²) >= 11 is 0. The molecule has 0 bridgehead atoms. The van der Waals surface area contributed by atoms with Crippen LogP contribution in [0.15, 0.2) is 91.0 Å². The fourth-order valence-corrected chi connectivity index (χ4v) is 5.58. The minimum absolute atomic E-state index is 0.181. The molecule has 6 heteroatoms. The quantitative estimate of drug-likeness (QED) is 0.289. The number of hydrogen-bond acceptors (Lipinski definition) is 3. The van der Waals surface area contributed by atoms with Gasteiger partial charge in [-0.05, 0) is 79.3 Å². The summed E-state index contributed by atoms with van der Waals surface area (Å²) in [6.45, 7) is 8.14. The summed E-state index contributed by atoms with van der Waals surface area (Å²) in [5.74, 6) is -0.195. The number of anilines is 1. The van der Waals surface area contributed by atoms with E-state index >= 15 is 0 Å². The van der Waals surface area contributed by atoms with Crippen LogP contribution < -0.4 is 9.62 Å². The van der Waals surface area contributed by atoms with Crippen molar-refractivity contribution in [3.8, 4) is 0 Å². The van der Waals surface area contributed by atoms with Crippen molar-refractivity contribution in [3.05, 3.63) is 136 Å². The van der Waals surface area contributed by atoms with E-state index in [-0.39, 0.29) is 18.5 Å². The number of hydrogen-bond donors (Lipinski definition) is 1. The van der Waals surface area contributed by atoms with Gasteiger partial charge in [-0.25, -0.2) is 8.42 Å². The first-order valence-electron chi connectivity index (χ1n) is 12.6. The van der Waals surface area contributed by atoms with Crippen molar-refractivity contribution in [3.63, 3.8) is 0 Å². The molecule has 0 aliphatic heterocycles. The second-order valence-electron chi connectivity index (χ2n) is 9.93. The highest BCUT2D eigenvalue weighted by Crippen LogP contribution is 2.28. The van der Waals surface area contributed by atoms with Crippen molar-refractivity contribution >= 4 is 21.6 Å². The smallest absolute Gasteiger partial charge is 0.252 e. The van der Waals surface area contributed by atoms with Gasteiger partial charge in [0.2, 0.25) is 10.0 Å². The van der Waals surface area contributed by atoms with Gasteiger partial charge in [-0.3, -0.25) is 9.10 Å². The molecule has 5 nitrogen and oxygen atoms in total. The van der Waals surface area contributed by atoms with Crippen LogP contribution in [0.4, 0.5) is 5.69 Å². The first-order valence-corrected chi connectivity index (χ1v) is 14.4. The van der Waals surface area contributed by atoms with Gasteiger partial charge in [-0.15, -0.1) is 0 Å². The molecule has 0 heterocycles. The van der Waals surface area contributed by atoms with Gasteiger partial charge in [0.15, 0.2) is 0 Å². The first kappa shape index (κ1) is 27.1. The van der Waals surface area contributed by atoms with Gasteiger partial charge in [0.05, 0.1) is 24.5 Å². The molecule has 1 atom stereocenters. The van der Waals surface area contributed by atoms with Crippen LogP contribution in [0.2, 0.25) is 0 Å². The molecule has 38 heavy (non-hydrogen) atoms. The number of rotatable bonds is 8. The molecule has 1 amide bonds. The lowest BCUT2D eigenvalue weighted by molar-refractivity contribution is 0.0943. The highest BCUT2D eigenvalue weighted by molar-refractivity contribution is 7.92. The first-order chi connectivity index (χ1) is 18.0. The van der Waals surface area contributed by atoms with Crippen molar-refractivity contribution in [2.75, 3.05) is 10.6 Å². The molecule has 0 aliphatic rings. The molecule has 0 saturated heterocycles. The summed E-state index contributed by atoms with van der Waals surface area (Å²) < 4.78 is 26.8. The van der Waals surface area contributed by atoms with E-state index in [1.165, 1.54) is 16.1 Å². The third-order valence-electron chi connectivity index (χ3n) is 6.72. The Morgan fingerprint density at radius 1 is 0.789 bits per heavy atom. The third kappa shape index (κ3) is 6.32. The van der Waals surface area contributed by atoms with Crippen LogP contribution >= 0.6 is 0 Å². The van der Waals surface area contributed by atoms with Gasteiger partial charge >= 0.3 is 0 Å². The van der Waals surface area contributed by atoms with Crippen LogP contribution in [0.5, 0.6) is 0 Å². The average Bonchev–Trinajstić information content (AvgIpc) is 2.88. The molecule has 4 aromatic rings. The SMILES string of the molecule is Cc1ccc([C@H](NC(=O)c2ccc(CN(c3cc(C)ccc3C)S(C)(=O)=O)cc2)c2ccccc2)c(C)c1. The topological polar surface area (TPSA) is 66.5 Å². The summed E-state index contributed by atoms with van der Waals surface area (Å²) in [5.41, 5.74) is 8.17. The molecular formula is C32H34N2O3S. The second-order valence-corrected chi connectivity index (χ2v) is 11.8. The third-order valence-corrected chi connectivity index (χ3v) is 7.85. The molecule has 0 fully saturated rings. The van der Waals surface area contributed by atoms with E-state index in [1.54, 1.807) is 12.1 Å². The van der Waals surface area contributed by atoms with E-state index in [4.69, 9.17) is 0 Å². The van der Waals surface area contributed by atoms with Crippen molar-refractivity contribution in [2.45, 2.75) is 40.3 Å². The second kappa shape index (κ2) is 11.2. The summed E-state index contributed by atoms with van der Waals surface area (Å²) in [7, 11) is -3.51. The van der Waals surface area contributed by atoms with E-state index in [0.717, 1.165) is 33.4 Å². The van der Waals surface area contributed by atoms with Crippen LogP contribution in [-0.4, -0.2) is 20.6 Å². The molecule has 196 valence electrons.